The highest BCUT2D eigenvalue weighted by Crippen LogP contribution is 2.49. The molecule has 0 amide bonds. The molecule has 1 aromatic carbocycles. The van der Waals surface area contributed by atoms with Gasteiger partial charge in [0.15, 0.2) is 0 Å². The van der Waals surface area contributed by atoms with E-state index in [1.807, 2.05) is 0 Å². The van der Waals surface area contributed by atoms with Crippen LogP contribution in [0.15, 0.2) is 12.1 Å². The van der Waals surface area contributed by atoms with Crippen LogP contribution in [0, 0.1) is 5.92 Å². The molecule has 2 atom stereocenters. The third-order valence-corrected chi connectivity index (χ3v) is 4.99. The summed E-state index contributed by atoms with van der Waals surface area (Å²) in [4.78, 5) is 2.37. The lowest BCUT2D eigenvalue weighted by Gasteiger charge is -2.22. The van der Waals surface area contributed by atoms with Crippen LogP contribution >= 0.6 is 11.6 Å². The average molecular weight is 295 g/mol. The Morgan fingerprint density at radius 1 is 1.40 bits per heavy atom. The van der Waals surface area contributed by atoms with Crippen molar-refractivity contribution in [3.05, 3.63) is 28.3 Å². The summed E-state index contributed by atoms with van der Waals surface area (Å²) >= 11 is 6.52. The molecule has 0 radical (unpaired) electrons. The van der Waals surface area contributed by atoms with Crippen LogP contribution in [0.2, 0.25) is 5.02 Å². The van der Waals surface area contributed by atoms with Gasteiger partial charge in [-0.2, -0.15) is 0 Å². The van der Waals surface area contributed by atoms with Crippen molar-refractivity contribution >= 4 is 11.6 Å². The Kier molecular flexibility index (Phi) is 3.93. The fourth-order valence-electron chi connectivity index (χ4n) is 3.41. The first-order valence-electron chi connectivity index (χ1n) is 7.41. The first kappa shape index (κ1) is 14.2. The molecule has 1 saturated carbocycles. The highest BCUT2D eigenvalue weighted by Gasteiger charge is 2.33. The summed E-state index contributed by atoms with van der Waals surface area (Å²) in [6, 6.07) is 4.72. The van der Waals surface area contributed by atoms with E-state index in [0.29, 0.717) is 17.9 Å². The van der Waals surface area contributed by atoms with Crippen molar-refractivity contribution in [2.24, 2.45) is 11.7 Å². The van der Waals surface area contributed by atoms with Gasteiger partial charge in [0.05, 0.1) is 7.11 Å². The van der Waals surface area contributed by atoms with Crippen molar-refractivity contribution < 1.29 is 4.74 Å². The third-order valence-electron chi connectivity index (χ3n) is 4.67. The minimum atomic E-state index is 0.406. The summed E-state index contributed by atoms with van der Waals surface area (Å²) in [5, 5.41) is 0.867. The van der Waals surface area contributed by atoms with Gasteiger partial charge in [-0.15, -0.1) is 0 Å². The number of likely N-dealkylation sites (tertiary alicyclic amines) is 1. The SMILES string of the molecule is COc1cc(C2CC(CN)CN2C)cc(Cl)c1C1CC1. The quantitative estimate of drug-likeness (QED) is 0.927. The smallest absolute Gasteiger partial charge is 0.124 e. The number of ether oxygens (including phenoxy) is 1. The summed E-state index contributed by atoms with van der Waals surface area (Å²) in [6.07, 6.45) is 3.57. The van der Waals surface area contributed by atoms with Gasteiger partial charge in [-0.1, -0.05) is 11.6 Å². The predicted octanol–water partition coefficient (Wildman–Crippen LogP) is 3.18. The van der Waals surface area contributed by atoms with Gasteiger partial charge < -0.3 is 10.5 Å². The summed E-state index contributed by atoms with van der Waals surface area (Å²) in [6.45, 7) is 1.82. The monoisotopic (exact) mass is 294 g/mol. The van der Waals surface area contributed by atoms with Gasteiger partial charge in [-0.05, 0) is 62.4 Å². The van der Waals surface area contributed by atoms with Crippen LogP contribution in [-0.2, 0) is 0 Å². The summed E-state index contributed by atoms with van der Waals surface area (Å²) in [7, 11) is 3.90. The molecule has 2 fully saturated rings. The minimum Gasteiger partial charge on any atom is -0.496 e. The van der Waals surface area contributed by atoms with Crippen LogP contribution in [-0.4, -0.2) is 32.1 Å². The number of methoxy groups -OCH3 is 1. The van der Waals surface area contributed by atoms with E-state index in [-0.39, 0.29) is 0 Å². The van der Waals surface area contributed by atoms with Gasteiger partial charge in [0.1, 0.15) is 5.75 Å². The number of hydrogen-bond acceptors (Lipinski definition) is 3. The van der Waals surface area contributed by atoms with Crippen molar-refractivity contribution in [2.75, 3.05) is 27.2 Å². The molecule has 3 rings (SSSR count). The molecule has 3 nitrogen and oxygen atoms in total. The molecule has 4 heteroatoms. The Labute approximate surface area is 126 Å². The van der Waals surface area contributed by atoms with E-state index in [0.717, 1.165) is 30.3 Å². The molecule has 1 aliphatic carbocycles. The third kappa shape index (κ3) is 2.54. The molecule has 20 heavy (non-hydrogen) atoms. The molecule has 2 aliphatic rings. The lowest BCUT2D eigenvalue weighted by molar-refractivity contribution is 0.312. The summed E-state index contributed by atoms with van der Waals surface area (Å²) in [5.41, 5.74) is 8.28. The molecule has 1 aromatic rings. The second-order valence-electron chi connectivity index (χ2n) is 6.19. The van der Waals surface area contributed by atoms with Crippen molar-refractivity contribution in [1.29, 1.82) is 0 Å². The van der Waals surface area contributed by atoms with Crippen LogP contribution < -0.4 is 10.5 Å². The Balaban J connectivity index is 1.92. The molecular formula is C16H23ClN2O. The van der Waals surface area contributed by atoms with Gasteiger partial charge in [0.2, 0.25) is 0 Å². The number of rotatable bonds is 4. The molecule has 2 unspecified atom stereocenters. The number of benzene rings is 1. The average Bonchev–Trinajstić information content (AvgIpc) is 3.19. The van der Waals surface area contributed by atoms with Crippen LogP contribution in [0.4, 0.5) is 0 Å². The van der Waals surface area contributed by atoms with Gasteiger partial charge in [0.25, 0.3) is 0 Å². The molecule has 2 N–H and O–H groups in total. The highest BCUT2D eigenvalue weighted by atomic mass is 35.5. The van der Waals surface area contributed by atoms with Gasteiger partial charge in [-0.25, -0.2) is 0 Å². The summed E-state index contributed by atoms with van der Waals surface area (Å²) in [5.74, 6) is 2.14. The first-order valence-corrected chi connectivity index (χ1v) is 7.79. The van der Waals surface area contributed by atoms with Gasteiger partial charge in [0, 0.05) is 23.2 Å². The zero-order valence-electron chi connectivity index (χ0n) is 12.2. The Morgan fingerprint density at radius 3 is 2.70 bits per heavy atom. The fourth-order valence-corrected chi connectivity index (χ4v) is 3.78. The zero-order valence-corrected chi connectivity index (χ0v) is 13.0. The Bertz CT molecular complexity index is 501. The predicted molar refractivity (Wildman–Crippen MR) is 82.5 cm³/mol. The van der Waals surface area contributed by atoms with E-state index in [2.05, 4.69) is 24.1 Å². The van der Waals surface area contributed by atoms with Crippen molar-refractivity contribution in [1.82, 2.24) is 4.90 Å². The highest BCUT2D eigenvalue weighted by molar-refractivity contribution is 6.31. The second kappa shape index (κ2) is 5.55. The second-order valence-corrected chi connectivity index (χ2v) is 6.59. The van der Waals surface area contributed by atoms with Gasteiger partial charge in [-0.3, -0.25) is 4.90 Å². The van der Waals surface area contributed by atoms with Crippen LogP contribution in [0.25, 0.3) is 0 Å². The molecule has 0 spiro atoms. The van der Waals surface area contributed by atoms with Crippen LogP contribution in [0.5, 0.6) is 5.75 Å². The van der Waals surface area contributed by atoms with Gasteiger partial charge >= 0.3 is 0 Å². The first-order chi connectivity index (χ1) is 9.63. The molecule has 0 bridgehead atoms. The largest absolute Gasteiger partial charge is 0.496 e. The molecule has 1 aliphatic heterocycles. The molecule has 1 heterocycles. The normalized spacial score (nSPS) is 27.0. The lowest BCUT2D eigenvalue weighted by Crippen LogP contribution is -2.20. The summed E-state index contributed by atoms with van der Waals surface area (Å²) < 4.78 is 5.59. The number of nitrogens with two attached hydrogens (primary N) is 1. The number of halogens is 1. The maximum absolute atomic E-state index is 6.52. The zero-order chi connectivity index (χ0) is 14.3. The van der Waals surface area contributed by atoms with Crippen LogP contribution in [0.1, 0.15) is 42.3 Å². The Morgan fingerprint density at radius 2 is 2.15 bits per heavy atom. The van der Waals surface area contributed by atoms with E-state index in [1.54, 1.807) is 7.11 Å². The van der Waals surface area contributed by atoms with Crippen molar-refractivity contribution in [3.63, 3.8) is 0 Å². The Hall–Kier alpha value is -0.770. The van der Waals surface area contributed by atoms with E-state index in [9.17, 15) is 0 Å². The number of nitrogens with zero attached hydrogens (tertiary/aromatic N) is 1. The standard InChI is InChI=1S/C16H23ClN2O/c1-19-9-10(8-18)5-14(19)12-6-13(17)16(11-3-4-11)15(7-12)20-2/h6-7,10-11,14H,3-5,8-9,18H2,1-2H3. The lowest BCUT2D eigenvalue weighted by atomic mass is 9.97. The van der Waals surface area contributed by atoms with E-state index in [4.69, 9.17) is 22.1 Å². The minimum absolute atomic E-state index is 0.406. The maximum Gasteiger partial charge on any atom is 0.124 e. The van der Waals surface area contributed by atoms with E-state index in [1.165, 1.54) is 24.0 Å². The molecular weight excluding hydrogens is 272 g/mol. The fraction of sp³-hybridized carbons (Fsp3) is 0.625. The molecule has 0 aromatic heterocycles. The van der Waals surface area contributed by atoms with Crippen LogP contribution in [0.3, 0.4) is 0 Å². The molecule has 110 valence electrons. The van der Waals surface area contributed by atoms with Crippen molar-refractivity contribution in [2.45, 2.75) is 31.2 Å². The maximum atomic E-state index is 6.52. The molecule has 1 saturated heterocycles. The van der Waals surface area contributed by atoms with Crippen molar-refractivity contribution in [3.8, 4) is 5.75 Å². The van der Waals surface area contributed by atoms with E-state index >= 15 is 0 Å². The topological polar surface area (TPSA) is 38.5 Å². The number of hydrogen-bond donors (Lipinski definition) is 1. The van der Waals surface area contributed by atoms with E-state index < -0.39 is 0 Å².